The van der Waals surface area contributed by atoms with Crippen LogP contribution in [0.2, 0.25) is 0 Å². The maximum atomic E-state index is 6.28. The lowest BCUT2D eigenvalue weighted by Crippen LogP contribution is -1.95. The second-order valence-corrected chi connectivity index (χ2v) is 15.8. The van der Waals surface area contributed by atoms with Crippen molar-refractivity contribution in [2.24, 2.45) is 0 Å². The molecule has 0 bridgehead atoms. The van der Waals surface area contributed by atoms with Crippen LogP contribution < -0.4 is 0 Å². The van der Waals surface area contributed by atoms with Gasteiger partial charge in [-0.15, -0.1) is 0 Å². The van der Waals surface area contributed by atoms with Crippen molar-refractivity contribution in [1.29, 1.82) is 0 Å². The van der Waals surface area contributed by atoms with Gasteiger partial charge in [-0.2, -0.15) is 0 Å². The Morgan fingerprint density at radius 2 is 0.695 bits per heavy atom. The molecule has 5 aromatic heterocycles. The molecule has 0 saturated heterocycles. The van der Waals surface area contributed by atoms with Crippen LogP contribution in [-0.4, -0.2) is 18.7 Å². The molecule has 5 heteroatoms. The predicted molar refractivity (Wildman–Crippen MR) is 246 cm³/mol. The van der Waals surface area contributed by atoms with Crippen LogP contribution in [0.3, 0.4) is 0 Å². The van der Waals surface area contributed by atoms with Gasteiger partial charge < -0.3 is 23.1 Å². The Kier molecular flexibility index (Phi) is 5.96. The van der Waals surface area contributed by atoms with E-state index in [0.29, 0.717) is 0 Å². The molecule has 0 saturated carbocycles. The number of furan rings is 1. The third kappa shape index (κ3) is 4.18. The maximum Gasteiger partial charge on any atom is 0.135 e. The van der Waals surface area contributed by atoms with Crippen LogP contribution in [0.1, 0.15) is 0 Å². The van der Waals surface area contributed by atoms with E-state index in [1.165, 1.54) is 65.2 Å². The van der Waals surface area contributed by atoms with Gasteiger partial charge in [-0.1, -0.05) is 91.0 Å². The van der Waals surface area contributed by atoms with E-state index in [4.69, 9.17) is 4.42 Å². The van der Waals surface area contributed by atoms with Crippen molar-refractivity contribution in [1.82, 2.24) is 18.7 Å². The van der Waals surface area contributed by atoms with Crippen molar-refractivity contribution in [3.63, 3.8) is 0 Å². The first-order chi connectivity index (χ1) is 29.2. The first-order valence-electron chi connectivity index (χ1n) is 20.2. The molecule has 274 valence electrons. The third-order valence-electron chi connectivity index (χ3n) is 12.7. The SMILES string of the molecule is c1ccc2c(c1)oc1ccc(-n3c4ccc(-n5c6ccccc6c6ccccc65)cc4c4cc5c(cc43)[nH]c3ccc(-n4c6ccccc6c6ccccc64)cc35)cc12. The monoisotopic (exact) mass is 752 g/mol. The lowest BCUT2D eigenvalue weighted by molar-refractivity contribution is 0.669. The van der Waals surface area contributed by atoms with Gasteiger partial charge in [0, 0.05) is 82.0 Å². The van der Waals surface area contributed by atoms with Crippen molar-refractivity contribution in [3.05, 3.63) is 188 Å². The molecule has 0 unspecified atom stereocenters. The lowest BCUT2D eigenvalue weighted by Gasteiger charge is -2.10. The van der Waals surface area contributed by atoms with Gasteiger partial charge in [0.15, 0.2) is 0 Å². The molecule has 14 aromatic rings. The molecule has 5 heterocycles. The number of nitrogens with one attached hydrogen (secondary N) is 1. The number of aromatic amines is 1. The number of aromatic nitrogens is 4. The smallest absolute Gasteiger partial charge is 0.135 e. The summed E-state index contributed by atoms with van der Waals surface area (Å²) in [5.74, 6) is 0. The van der Waals surface area contributed by atoms with Crippen LogP contribution in [0.4, 0.5) is 0 Å². The summed E-state index contributed by atoms with van der Waals surface area (Å²) in [4.78, 5) is 3.82. The summed E-state index contributed by atoms with van der Waals surface area (Å²) in [6.45, 7) is 0. The molecule has 0 fully saturated rings. The fourth-order valence-electron chi connectivity index (χ4n) is 10.2. The molecular formula is C54H32N4O. The van der Waals surface area contributed by atoms with Gasteiger partial charge in [-0.3, -0.25) is 0 Å². The van der Waals surface area contributed by atoms with E-state index >= 15 is 0 Å². The number of para-hydroxylation sites is 5. The molecule has 0 amide bonds. The van der Waals surface area contributed by atoms with Crippen LogP contribution in [0, 0.1) is 0 Å². The van der Waals surface area contributed by atoms with Crippen molar-refractivity contribution in [2.45, 2.75) is 0 Å². The lowest BCUT2D eigenvalue weighted by atomic mass is 10.1. The molecule has 0 aliphatic heterocycles. The van der Waals surface area contributed by atoms with Gasteiger partial charge >= 0.3 is 0 Å². The van der Waals surface area contributed by atoms with E-state index in [9.17, 15) is 0 Å². The standard InChI is InChI=1S/C54H32N4O/c1-6-16-47-35(11-1)36-12-2-7-17-48(36)56(47)32-21-24-45-40(27-32)41-30-43-42-28-33(57-49-18-8-3-13-37(49)38-14-4-9-19-50(38)57)22-25-51(42)58(52(43)31-46(41)55-45)34-23-26-54-44(29-34)39-15-5-10-20-53(39)59-54/h1-31,55H. The third-order valence-corrected chi connectivity index (χ3v) is 12.7. The first kappa shape index (κ1) is 31.1. The van der Waals surface area contributed by atoms with Gasteiger partial charge in [-0.25, -0.2) is 0 Å². The zero-order valence-electron chi connectivity index (χ0n) is 31.6. The Bertz CT molecular complexity index is 3980. The molecule has 0 aliphatic rings. The van der Waals surface area contributed by atoms with Gasteiger partial charge in [0.25, 0.3) is 0 Å². The minimum absolute atomic E-state index is 0.890. The molecule has 0 atom stereocenters. The molecule has 5 nitrogen and oxygen atoms in total. The molecule has 0 spiro atoms. The van der Waals surface area contributed by atoms with E-state index in [-0.39, 0.29) is 0 Å². The normalized spacial score (nSPS) is 12.4. The number of hydrogen-bond acceptors (Lipinski definition) is 1. The van der Waals surface area contributed by atoms with E-state index in [1.807, 2.05) is 12.1 Å². The molecule has 0 radical (unpaired) electrons. The molecule has 9 aromatic carbocycles. The summed E-state index contributed by atoms with van der Waals surface area (Å²) in [5.41, 5.74) is 14.5. The predicted octanol–water partition coefficient (Wildman–Crippen LogP) is 14.5. The largest absolute Gasteiger partial charge is 0.456 e. The van der Waals surface area contributed by atoms with E-state index in [2.05, 4.69) is 195 Å². The zero-order valence-corrected chi connectivity index (χ0v) is 31.6. The quantitative estimate of drug-likeness (QED) is 0.192. The number of fused-ring (bicyclic) bond motifs is 15. The van der Waals surface area contributed by atoms with E-state index < -0.39 is 0 Å². The fraction of sp³-hybridized carbons (Fsp3) is 0. The van der Waals surface area contributed by atoms with Gasteiger partial charge in [0.1, 0.15) is 11.2 Å². The van der Waals surface area contributed by atoms with Crippen LogP contribution in [-0.2, 0) is 0 Å². The number of rotatable bonds is 3. The molecule has 59 heavy (non-hydrogen) atoms. The molecular weight excluding hydrogens is 721 g/mol. The second kappa shape index (κ2) is 11.3. The van der Waals surface area contributed by atoms with Crippen molar-refractivity contribution >= 4 is 109 Å². The van der Waals surface area contributed by atoms with Crippen molar-refractivity contribution < 1.29 is 4.42 Å². The summed E-state index contributed by atoms with van der Waals surface area (Å²) in [5, 5.41) is 12.1. The highest BCUT2D eigenvalue weighted by molar-refractivity contribution is 6.20. The first-order valence-corrected chi connectivity index (χ1v) is 20.2. The summed E-state index contributed by atoms with van der Waals surface area (Å²) < 4.78 is 13.5. The van der Waals surface area contributed by atoms with Crippen molar-refractivity contribution in [2.75, 3.05) is 0 Å². The van der Waals surface area contributed by atoms with Crippen LogP contribution >= 0.6 is 0 Å². The second-order valence-electron chi connectivity index (χ2n) is 15.8. The minimum atomic E-state index is 0.890. The zero-order chi connectivity index (χ0) is 38.3. The Balaban J connectivity index is 1.07. The highest BCUT2D eigenvalue weighted by atomic mass is 16.3. The summed E-state index contributed by atoms with van der Waals surface area (Å²) >= 11 is 0. The van der Waals surface area contributed by atoms with Gasteiger partial charge in [0.2, 0.25) is 0 Å². The number of hydrogen-bond donors (Lipinski definition) is 1. The maximum absolute atomic E-state index is 6.28. The Morgan fingerprint density at radius 1 is 0.271 bits per heavy atom. The summed E-state index contributed by atoms with van der Waals surface area (Å²) in [6.07, 6.45) is 0. The molecule has 1 N–H and O–H groups in total. The van der Waals surface area contributed by atoms with Crippen LogP contribution in [0.15, 0.2) is 192 Å². The minimum Gasteiger partial charge on any atom is -0.456 e. The molecule has 0 aliphatic carbocycles. The highest BCUT2D eigenvalue weighted by Crippen LogP contribution is 2.42. The topological polar surface area (TPSA) is 43.7 Å². The Hall–Kier alpha value is -8.02. The van der Waals surface area contributed by atoms with E-state index in [1.54, 1.807) is 0 Å². The Labute approximate surface area is 336 Å². The van der Waals surface area contributed by atoms with E-state index in [0.717, 1.165) is 61.1 Å². The average molecular weight is 753 g/mol. The van der Waals surface area contributed by atoms with Crippen LogP contribution in [0.25, 0.3) is 126 Å². The Morgan fingerprint density at radius 3 is 1.32 bits per heavy atom. The molecule has 14 rings (SSSR count). The number of benzene rings is 9. The highest BCUT2D eigenvalue weighted by Gasteiger charge is 2.20. The van der Waals surface area contributed by atoms with Crippen molar-refractivity contribution in [3.8, 4) is 17.1 Å². The van der Waals surface area contributed by atoms with Gasteiger partial charge in [-0.05, 0) is 97.1 Å². The summed E-state index contributed by atoms with van der Waals surface area (Å²) in [7, 11) is 0. The average Bonchev–Trinajstić information content (AvgIpc) is 4.09. The number of H-pyrrole nitrogens is 1. The van der Waals surface area contributed by atoms with Gasteiger partial charge in [0.05, 0.1) is 33.1 Å². The fourth-order valence-corrected chi connectivity index (χ4v) is 10.2. The van der Waals surface area contributed by atoms with Crippen LogP contribution in [0.5, 0.6) is 0 Å². The summed E-state index contributed by atoms with van der Waals surface area (Å²) in [6, 6.07) is 68.4. The number of nitrogens with zero attached hydrogens (tertiary/aromatic N) is 3.